The molecule has 0 amide bonds. The van der Waals surface area contributed by atoms with Crippen molar-refractivity contribution in [1.82, 2.24) is 0 Å². The van der Waals surface area contributed by atoms with Gasteiger partial charge in [0.05, 0.1) is 5.02 Å². The molecule has 0 fully saturated rings. The topological polar surface area (TPSA) is 43.1 Å². The largest absolute Gasteiger partial charge is 0.413 e. The minimum atomic E-state index is -4.87. The van der Waals surface area contributed by atoms with E-state index in [0.29, 0.717) is 6.92 Å². The number of hydrogen-bond donors (Lipinski definition) is 1. The highest BCUT2D eigenvalue weighted by Crippen LogP contribution is 2.33. The third-order valence-corrected chi connectivity index (χ3v) is 2.80. The van der Waals surface area contributed by atoms with Crippen molar-refractivity contribution in [3.05, 3.63) is 33.8 Å². The lowest BCUT2D eigenvalue weighted by Crippen LogP contribution is -2.57. The highest BCUT2D eigenvalue weighted by molar-refractivity contribution is 6.36. The first-order chi connectivity index (χ1) is 7.57. The Morgan fingerprint density at radius 1 is 1.29 bits per heavy atom. The fourth-order valence-corrected chi connectivity index (χ4v) is 1.46. The molecule has 0 heterocycles. The van der Waals surface area contributed by atoms with Crippen molar-refractivity contribution in [2.45, 2.75) is 18.6 Å². The van der Waals surface area contributed by atoms with Crippen LogP contribution in [0.4, 0.5) is 13.2 Å². The lowest BCUT2D eigenvalue weighted by Gasteiger charge is -2.26. The summed E-state index contributed by atoms with van der Waals surface area (Å²) in [5.74, 6) is -1.32. The summed E-state index contributed by atoms with van der Waals surface area (Å²) in [5.41, 5.74) is 1.67. The van der Waals surface area contributed by atoms with Crippen LogP contribution in [-0.4, -0.2) is 17.5 Å². The number of halogens is 5. The maximum atomic E-state index is 12.6. The van der Waals surface area contributed by atoms with Gasteiger partial charge in [0.2, 0.25) is 0 Å². The molecule has 1 unspecified atom stereocenters. The van der Waals surface area contributed by atoms with Gasteiger partial charge in [-0.2, -0.15) is 13.2 Å². The lowest BCUT2D eigenvalue weighted by atomic mass is 9.91. The Balaban J connectivity index is 3.26. The second-order valence-corrected chi connectivity index (χ2v) is 4.50. The first-order valence-electron chi connectivity index (χ1n) is 4.43. The Hall–Kier alpha value is -0.780. The van der Waals surface area contributed by atoms with Gasteiger partial charge >= 0.3 is 6.18 Å². The summed E-state index contributed by atoms with van der Waals surface area (Å²) >= 11 is 11.2. The SMILES string of the molecule is CC(N)(C(=O)c1cc(Cl)ccc1Cl)C(F)(F)F. The van der Waals surface area contributed by atoms with Gasteiger partial charge in [0.25, 0.3) is 0 Å². The van der Waals surface area contributed by atoms with Crippen LogP contribution >= 0.6 is 23.2 Å². The van der Waals surface area contributed by atoms with Gasteiger partial charge in [0, 0.05) is 10.6 Å². The molecule has 0 aliphatic heterocycles. The van der Waals surface area contributed by atoms with Crippen molar-refractivity contribution < 1.29 is 18.0 Å². The van der Waals surface area contributed by atoms with Gasteiger partial charge in [-0.15, -0.1) is 0 Å². The van der Waals surface area contributed by atoms with Crippen molar-refractivity contribution in [2.24, 2.45) is 5.73 Å². The van der Waals surface area contributed by atoms with Crippen LogP contribution in [-0.2, 0) is 0 Å². The Morgan fingerprint density at radius 2 is 1.82 bits per heavy atom. The molecule has 0 aliphatic carbocycles. The molecule has 94 valence electrons. The summed E-state index contributed by atoms with van der Waals surface area (Å²) in [6, 6.07) is 3.66. The molecular formula is C10H8Cl2F3NO. The zero-order chi connectivity index (χ0) is 13.4. The number of hydrogen-bond acceptors (Lipinski definition) is 2. The van der Waals surface area contributed by atoms with Gasteiger partial charge in [-0.3, -0.25) is 4.79 Å². The highest BCUT2D eigenvalue weighted by atomic mass is 35.5. The van der Waals surface area contributed by atoms with Crippen molar-refractivity contribution in [3.63, 3.8) is 0 Å². The van der Waals surface area contributed by atoms with E-state index in [0.717, 1.165) is 6.07 Å². The number of carbonyl (C=O) groups is 1. The van der Waals surface area contributed by atoms with Crippen LogP contribution in [0.3, 0.4) is 0 Å². The van der Waals surface area contributed by atoms with Crippen LogP contribution in [0.2, 0.25) is 10.0 Å². The van der Waals surface area contributed by atoms with Gasteiger partial charge in [-0.1, -0.05) is 23.2 Å². The number of rotatable bonds is 2. The monoisotopic (exact) mass is 285 g/mol. The van der Waals surface area contributed by atoms with Crippen LogP contribution in [0, 0.1) is 0 Å². The van der Waals surface area contributed by atoms with E-state index in [9.17, 15) is 18.0 Å². The molecule has 0 saturated carbocycles. The normalized spacial score (nSPS) is 15.5. The van der Waals surface area contributed by atoms with E-state index in [1.54, 1.807) is 0 Å². The van der Waals surface area contributed by atoms with E-state index >= 15 is 0 Å². The minimum Gasteiger partial charge on any atom is -0.311 e. The van der Waals surface area contributed by atoms with E-state index < -0.39 is 17.5 Å². The standard InChI is InChI=1S/C10H8Cl2F3NO/c1-9(16,10(13,14)15)8(17)6-4-5(11)2-3-7(6)12/h2-4H,16H2,1H3. The number of alkyl halides is 3. The number of Topliss-reactive ketones (excluding diaryl/α,β-unsaturated/α-hetero) is 1. The number of ketones is 1. The summed E-state index contributed by atoms with van der Waals surface area (Å²) in [6.45, 7) is 0.590. The van der Waals surface area contributed by atoms with Crippen LogP contribution in [0.15, 0.2) is 18.2 Å². The minimum absolute atomic E-state index is 0.107. The molecule has 7 heteroatoms. The molecular weight excluding hydrogens is 278 g/mol. The molecule has 17 heavy (non-hydrogen) atoms. The average molecular weight is 286 g/mol. The molecule has 0 aromatic heterocycles. The third kappa shape index (κ3) is 2.73. The summed E-state index contributed by atoms with van der Waals surface area (Å²) in [6.07, 6.45) is -4.87. The third-order valence-electron chi connectivity index (χ3n) is 2.23. The highest BCUT2D eigenvalue weighted by Gasteiger charge is 2.54. The Morgan fingerprint density at radius 3 is 2.29 bits per heavy atom. The molecule has 1 atom stereocenters. The zero-order valence-electron chi connectivity index (χ0n) is 8.61. The van der Waals surface area contributed by atoms with Crippen molar-refractivity contribution in [2.75, 3.05) is 0 Å². The quantitative estimate of drug-likeness (QED) is 0.846. The molecule has 0 saturated heterocycles. The average Bonchev–Trinajstić information content (AvgIpc) is 2.19. The molecule has 2 N–H and O–H groups in total. The molecule has 1 aromatic carbocycles. The molecule has 1 rings (SSSR count). The van der Waals surface area contributed by atoms with Crippen LogP contribution in [0.1, 0.15) is 17.3 Å². The summed E-state index contributed by atoms with van der Waals surface area (Å²) < 4.78 is 37.7. The maximum Gasteiger partial charge on any atom is 0.413 e. The van der Waals surface area contributed by atoms with Gasteiger partial charge in [0.15, 0.2) is 11.3 Å². The smallest absolute Gasteiger partial charge is 0.311 e. The molecule has 2 nitrogen and oxygen atoms in total. The number of nitrogens with two attached hydrogens (primary N) is 1. The van der Waals surface area contributed by atoms with E-state index in [2.05, 4.69) is 0 Å². The van der Waals surface area contributed by atoms with E-state index in [4.69, 9.17) is 28.9 Å². The van der Waals surface area contributed by atoms with Crippen LogP contribution in [0.25, 0.3) is 0 Å². The molecule has 0 aliphatic rings. The maximum absolute atomic E-state index is 12.6. The van der Waals surface area contributed by atoms with E-state index in [-0.39, 0.29) is 15.6 Å². The number of carbonyl (C=O) groups excluding carboxylic acids is 1. The van der Waals surface area contributed by atoms with Crippen LogP contribution in [0.5, 0.6) is 0 Å². The fourth-order valence-electron chi connectivity index (χ4n) is 1.08. The molecule has 1 aromatic rings. The van der Waals surface area contributed by atoms with Gasteiger partial charge in [0.1, 0.15) is 0 Å². The molecule has 0 radical (unpaired) electrons. The Bertz CT molecular complexity index is 457. The molecule has 0 bridgehead atoms. The zero-order valence-corrected chi connectivity index (χ0v) is 10.1. The lowest BCUT2D eigenvalue weighted by molar-refractivity contribution is -0.165. The van der Waals surface area contributed by atoms with Crippen molar-refractivity contribution in [1.29, 1.82) is 0 Å². The molecule has 0 spiro atoms. The van der Waals surface area contributed by atoms with Crippen molar-refractivity contribution >= 4 is 29.0 Å². The predicted octanol–water partition coefficient (Wildman–Crippen LogP) is 3.46. The summed E-state index contributed by atoms with van der Waals surface area (Å²) in [5, 5.41) is -0.0175. The summed E-state index contributed by atoms with van der Waals surface area (Å²) in [4.78, 5) is 11.7. The van der Waals surface area contributed by atoms with E-state index in [1.165, 1.54) is 12.1 Å². The fraction of sp³-hybridized carbons (Fsp3) is 0.300. The van der Waals surface area contributed by atoms with Gasteiger partial charge in [-0.05, 0) is 25.1 Å². The van der Waals surface area contributed by atoms with Gasteiger partial charge in [-0.25, -0.2) is 0 Å². The predicted molar refractivity (Wildman–Crippen MR) is 59.4 cm³/mol. The van der Waals surface area contributed by atoms with Crippen LogP contribution < -0.4 is 5.73 Å². The van der Waals surface area contributed by atoms with Crippen molar-refractivity contribution in [3.8, 4) is 0 Å². The number of benzene rings is 1. The first kappa shape index (κ1) is 14.3. The van der Waals surface area contributed by atoms with Gasteiger partial charge < -0.3 is 5.73 Å². The second-order valence-electron chi connectivity index (χ2n) is 3.65. The second kappa shape index (κ2) is 4.48. The first-order valence-corrected chi connectivity index (χ1v) is 5.18. The summed E-state index contributed by atoms with van der Waals surface area (Å²) in [7, 11) is 0. The van der Waals surface area contributed by atoms with E-state index in [1.807, 2.05) is 0 Å². The Kier molecular flexibility index (Phi) is 3.76. The Labute approximate surface area is 105 Å².